The Hall–Kier alpha value is -2.29. The normalized spacial score (nSPS) is 14.4. The molecule has 2 heterocycles. The number of halogens is 2. The fourth-order valence-electron chi connectivity index (χ4n) is 3.74. The number of carboxylic acids is 1. The number of carboxylic acid groups (broad SMARTS) is 1. The van der Waals surface area contributed by atoms with E-state index in [0.717, 1.165) is 41.9 Å². The van der Waals surface area contributed by atoms with Crippen LogP contribution in [-0.2, 0) is 29.4 Å². The third kappa shape index (κ3) is 5.36. The number of fused-ring (bicyclic) bond motifs is 1. The number of aryl methyl sites for hydroxylation is 1. The molecule has 0 aliphatic carbocycles. The van der Waals surface area contributed by atoms with Gasteiger partial charge in [-0.3, -0.25) is 9.69 Å². The van der Waals surface area contributed by atoms with E-state index in [2.05, 4.69) is 23.2 Å². The van der Waals surface area contributed by atoms with Gasteiger partial charge in [0.05, 0.1) is 12.2 Å². The standard InChI is InChI=1S/C24H24F2N2O2S2/c1-15-21(32-23(27-15)16-3-6-19(7-4-16)24(2,25)26)14-31-20-8-5-18-12-28(13-22(29)30)10-9-17(18)11-20/h3-8,11H,9-10,12-14H2,1-2H3,(H,29,30). The van der Waals surface area contributed by atoms with Gasteiger partial charge in [0.15, 0.2) is 0 Å². The van der Waals surface area contributed by atoms with E-state index in [1.54, 1.807) is 35.2 Å². The second-order valence-electron chi connectivity index (χ2n) is 8.07. The van der Waals surface area contributed by atoms with Crippen molar-refractivity contribution >= 4 is 29.1 Å². The minimum absolute atomic E-state index is 0.00352. The van der Waals surface area contributed by atoms with Crippen LogP contribution in [0.15, 0.2) is 47.4 Å². The number of rotatable bonds is 7. The molecule has 0 saturated carbocycles. The molecule has 3 aromatic rings. The molecule has 8 heteroatoms. The number of thiazole rings is 1. The quantitative estimate of drug-likeness (QED) is 0.428. The van der Waals surface area contributed by atoms with Gasteiger partial charge in [-0.2, -0.15) is 0 Å². The van der Waals surface area contributed by atoms with E-state index in [1.807, 2.05) is 11.8 Å². The summed E-state index contributed by atoms with van der Waals surface area (Å²) in [4.78, 5) is 19.9. The van der Waals surface area contributed by atoms with Crippen molar-refractivity contribution in [3.63, 3.8) is 0 Å². The van der Waals surface area contributed by atoms with Crippen LogP contribution in [0.3, 0.4) is 0 Å². The van der Waals surface area contributed by atoms with Gasteiger partial charge in [0, 0.05) is 46.7 Å². The third-order valence-electron chi connectivity index (χ3n) is 5.53. The van der Waals surface area contributed by atoms with Gasteiger partial charge in [-0.05, 0) is 36.6 Å². The molecular formula is C24H24F2N2O2S2. The van der Waals surface area contributed by atoms with E-state index in [4.69, 9.17) is 5.11 Å². The highest BCUT2D eigenvalue weighted by Crippen LogP contribution is 2.35. The largest absolute Gasteiger partial charge is 0.480 e. The molecule has 1 aromatic heterocycles. The van der Waals surface area contributed by atoms with Crippen LogP contribution in [0.25, 0.3) is 10.6 Å². The first-order chi connectivity index (χ1) is 15.2. The maximum absolute atomic E-state index is 13.5. The molecule has 0 bridgehead atoms. The Morgan fingerprint density at radius 3 is 2.66 bits per heavy atom. The lowest BCUT2D eigenvalue weighted by Gasteiger charge is -2.27. The zero-order valence-corrected chi connectivity index (χ0v) is 19.5. The topological polar surface area (TPSA) is 53.4 Å². The monoisotopic (exact) mass is 474 g/mol. The minimum Gasteiger partial charge on any atom is -0.480 e. The SMILES string of the molecule is Cc1nc(-c2ccc(C(C)(F)F)cc2)sc1CSc1ccc2c(c1)CCN(CC(=O)O)C2. The van der Waals surface area contributed by atoms with Crippen molar-refractivity contribution in [3.05, 3.63) is 69.7 Å². The van der Waals surface area contributed by atoms with Crippen molar-refractivity contribution < 1.29 is 18.7 Å². The molecule has 1 aliphatic heterocycles. The Morgan fingerprint density at radius 1 is 1.22 bits per heavy atom. The predicted octanol–water partition coefficient (Wildman–Crippen LogP) is 5.97. The van der Waals surface area contributed by atoms with E-state index in [9.17, 15) is 13.6 Å². The van der Waals surface area contributed by atoms with E-state index in [-0.39, 0.29) is 12.1 Å². The van der Waals surface area contributed by atoms with Crippen molar-refractivity contribution in [2.24, 2.45) is 0 Å². The summed E-state index contributed by atoms with van der Waals surface area (Å²) in [5.41, 5.74) is 4.29. The zero-order chi connectivity index (χ0) is 22.9. The highest BCUT2D eigenvalue weighted by atomic mass is 32.2. The summed E-state index contributed by atoms with van der Waals surface area (Å²) in [5.74, 6) is -2.85. The minimum atomic E-state index is -2.84. The van der Waals surface area contributed by atoms with E-state index in [0.29, 0.717) is 6.54 Å². The first-order valence-electron chi connectivity index (χ1n) is 10.3. The predicted molar refractivity (Wildman–Crippen MR) is 124 cm³/mol. The van der Waals surface area contributed by atoms with Gasteiger partial charge in [0.1, 0.15) is 5.01 Å². The summed E-state index contributed by atoms with van der Waals surface area (Å²) < 4.78 is 26.9. The molecule has 0 amide bonds. The number of benzene rings is 2. The molecule has 1 aliphatic rings. The maximum Gasteiger partial charge on any atom is 0.317 e. The molecule has 0 unspecified atom stereocenters. The fourth-order valence-corrected chi connectivity index (χ4v) is 5.92. The van der Waals surface area contributed by atoms with Crippen LogP contribution in [0.1, 0.15) is 34.2 Å². The molecule has 0 saturated heterocycles. The average molecular weight is 475 g/mol. The zero-order valence-electron chi connectivity index (χ0n) is 17.9. The summed E-state index contributed by atoms with van der Waals surface area (Å²) in [6, 6.07) is 12.7. The Morgan fingerprint density at radius 2 is 1.97 bits per heavy atom. The molecule has 1 N–H and O–H groups in total. The highest BCUT2D eigenvalue weighted by molar-refractivity contribution is 7.98. The Kier molecular flexibility index (Phi) is 6.65. The number of alkyl halides is 2. The van der Waals surface area contributed by atoms with Gasteiger partial charge in [-0.1, -0.05) is 30.3 Å². The number of aliphatic carboxylic acids is 1. The van der Waals surface area contributed by atoms with Crippen LogP contribution >= 0.6 is 23.1 Å². The molecule has 0 spiro atoms. The maximum atomic E-state index is 13.5. The summed E-state index contributed by atoms with van der Waals surface area (Å²) >= 11 is 3.35. The second kappa shape index (κ2) is 9.29. The van der Waals surface area contributed by atoms with Gasteiger partial charge in [0.25, 0.3) is 5.92 Å². The van der Waals surface area contributed by atoms with E-state index >= 15 is 0 Å². The smallest absolute Gasteiger partial charge is 0.317 e. The lowest BCUT2D eigenvalue weighted by Crippen LogP contribution is -2.34. The Bertz CT molecular complexity index is 1120. The molecule has 0 radical (unpaired) electrons. The summed E-state index contributed by atoms with van der Waals surface area (Å²) in [6.45, 7) is 4.39. The van der Waals surface area contributed by atoms with Crippen molar-refractivity contribution in [1.82, 2.24) is 9.88 Å². The van der Waals surface area contributed by atoms with Crippen LogP contribution in [0.5, 0.6) is 0 Å². The number of hydrogen-bond donors (Lipinski definition) is 1. The van der Waals surface area contributed by atoms with E-state index < -0.39 is 11.9 Å². The number of nitrogens with zero attached hydrogens (tertiary/aromatic N) is 2. The van der Waals surface area contributed by atoms with Crippen LogP contribution in [0.4, 0.5) is 8.78 Å². The highest BCUT2D eigenvalue weighted by Gasteiger charge is 2.24. The lowest BCUT2D eigenvalue weighted by atomic mass is 10.00. The summed E-state index contributed by atoms with van der Waals surface area (Å²) in [7, 11) is 0. The molecule has 0 atom stereocenters. The van der Waals surface area contributed by atoms with Gasteiger partial charge in [0.2, 0.25) is 0 Å². The van der Waals surface area contributed by atoms with Crippen LogP contribution in [0, 0.1) is 6.92 Å². The first-order valence-corrected chi connectivity index (χ1v) is 12.1. The molecule has 168 valence electrons. The molecular weight excluding hydrogens is 450 g/mol. The fraction of sp³-hybridized carbons (Fsp3) is 0.333. The first kappa shape index (κ1) is 22.9. The molecule has 4 nitrogen and oxygen atoms in total. The number of hydrogen-bond acceptors (Lipinski definition) is 5. The van der Waals surface area contributed by atoms with Crippen molar-refractivity contribution in [1.29, 1.82) is 0 Å². The number of thioether (sulfide) groups is 1. The Balaban J connectivity index is 1.42. The van der Waals surface area contributed by atoms with Gasteiger partial charge in [-0.25, -0.2) is 13.8 Å². The number of carbonyl (C=O) groups is 1. The Labute approximate surface area is 194 Å². The van der Waals surface area contributed by atoms with E-state index in [1.165, 1.54) is 33.0 Å². The lowest BCUT2D eigenvalue weighted by molar-refractivity contribution is -0.138. The van der Waals surface area contributed by atoms with Crippen molar-refractivity contribution in [2.75, 3.05) is 13.1 Å². The number of aromatic nitrogens is 1. The third-order valence-corrected chi connectivity index (χ3v) is 7.94. The molecule has 32 heavy (non-hydrogen) atoms. The van der Waals surface area contributed by atoms with Crippen molar-refractivity contribution in [3.8, 4) is 10.6 Å². The van der Waals surface area contributed by atoms with Crippen molar-refractivity contribution in [2.45, 2.75) is 43.4 Å². The van der Waals surface area contributed by atoms with Gasteiger partial charge < -0.3 is 5.11 Å². The second-order valence-corrected chi connectivity index (χ2v) is 10.2. The molecule has 4 rings (SSSR count). The van der Waals surface area contributed by atoms with Crippen LogP contribution in [-0.4, -0.2) is 34.0 Å². The van der Waals surface area contributed by atoms with Crippen LogP contribution in [0.2, 0.25) is 0 Å². The molecule has 2 aromatic carbocycles. The summed E-state index contributed by atoms with van der Waals surface area (Å²) in [6.07, 6.45) is 0.855. The van der Waals surface area contributed by atoms with Gasteiger partial charge in [-0.15, -0.1) is 23.1 Å². The van der Waals surface area contributed by atoms with Gasteiger partial charge >= 0.3 is 5.97 Å². The van der Waals surface area contributed by atoms with Crippen LogP contribution < -0.4 is 0 Å². The average Bonchev–Trinajstić information content (AvgIpc) is 3.12. The molecule has 0 fully saturated rings. The summed E-state index contributed by atoms with van der Waals surface area (Å²) in [5, 5.41) is 9.84.